The Bertz CT molecular complexity index is 465. The number of halogens is 2. The molecule has 0 N–H and O–H groups in total. The van der Waals surface area contributed by atoms with Crippen molar-refractivity contribution in [3.8, 4) is 36.4 Å². The van der Waals surface area contributed by atoms with Crippen LogP contribution in [0.5, 0.6) is 0 Å². The molecule has 0 aliphatic rings. The zero-order valence-corrected chi connectivity index (χ0v) is 21.1. The van der Waals surface area contributed by atoms with Crippen molar-refractivity contribution in [3.05, 3.63) is 0 Å². The quantitative estimate of drug-likeness (QED) is 0.292. The molecule has 0 heterocycles. The van der Waals surface area contributed by atoms with Gasteiger partial charge in [-0.3, -0.25) is 0 Å². The first-order valence-electron chi connectivity index (χ1n) is 8.36. The van der Waals surface area contributed by atoms with Gasteiger partial charge >= 0.3 is 0 Å². The Labute approximate surface area is 192 Å². The highest BCUT2D eigenvalue weighted by atomic mass is 79.9. The standard InChI is InChI=1S/2C9H12N3P.2BrH/c2*10-4-1-7-13(8-2-5-11)9-3-6-12;;/h2*1-3,7-9H2;2*1H. The summed E-state index contributed by atoms with van der Waals surface area (Å²) < 4.78 is 0. The van der Waals surface area contributed by atoms with Gasteiger partial charge < -0.3 is 0 Å². The molecule has 0 spiro atoms. The van der Waals surface area contributed by atoms with Gasteiger partial charge in [-0.2, -0.15) is 31.6 Å². The Morgan fingerprint density at radius 1 is 0.357 bits per heavy atom. The van der Waals surface area contributed by atoms with Crippen molar-refractivity contribution in [3.63, 3.8) is 0 Å². The van der Waals surface area contributed by atoms with E-state index in [1.165, 1.54) is 0 Å². The number of hydrogen-bond acceptors (Lipinski definition) is 6. The molecule has 152 valence electrons. The van der Waals surface area contributed by atoms with Crippen LogP contribution in [0.1, 0.15) is 38.5 Å². The third-order valence-corrected chi connectivity index (χ3v) is 8.38. The topological polar surface area (TPSA) is 143 Å². The highest BCUT2D eigenvalue weighted by Crippen LogP contribution is 2.37. The number of hydrogen-bond donors (Lipinski definition) is 0. The van der Waals surface area contributed by atoms with Gasteiger partial charge in [0.25, 0.3) is 0 Å². The lowest BCUT2D eigenvalue weighted by Gasteiger charge is -2.11. The smallest absolute Gasteiger partial charge is 0.0625 e. The monoisotopic (exact) mass is 546 g/mol. The van der Waals surface area contributed by atoms with E-state index in [1.807, 2.05) is 0 Å². The van der Waals surface area contributed by atoms with Crippen molar-refractivity contribution in [2.45, 2.75) is 38.5 Å². The number of nitriles is 6. The Morgan fingerprint density at radius 2 is 0.500 bits per heavy atom. The molecule has 28 heavy (non-hydrogen) atoms. The SMILES string of the molecule is Br.Br.N#CCCP(CCC#N)CCC#N.N#CCCP(CCC#N)CCC#N. The van der Waals surface area contributed by atoms with Crippen molar-refractivity contribution < 1.29 is 0 Å². The normalized spacial score (nSPS) is 8.14. The third-order valence-electron chi connectivity index (χ3n) is 3.24. The maximum Gasteiger partial charge on any atom is 0.0625 e. The molecule has 0 aromatic rings. The molecule has 0 radical (unpaired) electrons. The second-order valence-corrected chi connectivity index (χ2v) is 10.5. The van der Waals surface area contributed by atoms with Gasteiger partial charge in [-0.1, -0.05) is 0 Å². The summed E-state index contributed by atoms with van der Waals surface area (Å²) in [6.07, 6.45) is 8.65. The van der Waals surface area contributed by atoms with Crippen molar-refractivity contribution in [2.75, 3.05) is 37.0 Å². The minimum atomic E-state index is -0.246. The summed E-state index contributed by atoms with van der Waals surface area (Å²) in [7, 11) is -0.492. The number of rotatable bonds is 12. The highest BCUT2D eigenvalue weighted by molar-refractivity contribution is 8.93. The summed E-state index contributed by atoms with van der Waals surface area (Å²) in [6.45, 7) is 0. The number of nitrogens with zero attached hydrogens (tertiary/aromatic N) is 6. The largest absolute Gasteiger partial charge is 0.198 e. The summed E-state index contributed by atoms with van der Waals surface area (Å²) in [5, 5.41) is 50.4. The van der Waals surface area contributed by atoms with Gasteiger partial charge in [-0.15, -0.1) is 49.8 Å². The van der Waals surface area contributed by atoms with Crippen LogP contribution >= 0.6 is 49.8 Å². The maximum atomic E-state index is 8.40. The first-order valence-corrected chi connectivity index (χ1v) is 12.2. The van der Waals surface area contributed by atoms with E-state index in [9.17, 15) is 0 Å². The molecule has 0 bridgehead atoms. The molecular formula is C18H26Br2N6P2. The van der Waals surface area contributed by atoms with Crippen molar-refractivity contribution in [1.29, 1.82) is 31.6 Å². The average molecular weight is 548 g/mol. The fourth-order valence-electron chi connectivity index (χ4n) is 1.92. The van der Waals surface area contributed by atoms with E-state index in [2.05, 4.69) is 36.4 Å². The third kappa shape index (κ3) is 27.0. The average Bonchev–Trinajstić information content (AvgIpc) is 2.67. The van der Waals surface area contributed by atoms with Gasteiger partial charge in [-0.05, 0) is 37.0 Å². The van der Waals surface area contributed by atoms with E-state index in [4.69, 9.17) is 31.6 Å². The lowest BCUT2D eigenvalue weighted by molar-refractivity contribution is 1.14. The molecule has 0 saturated carbocycles. The molecule has 0 aromatic heterocycles. The first kappa shape index (κ1) is 34.3. The van der Waals surface area contributed by atoms with Gasteiger partial charge in [0.1, 0.15) is 0 Å². The second-order valence-electron chi connectivity index (χ2n) is 5.13. The molecule has 0 fully saturated rings. The molecular weight excluding hydrogens is 522 g/mol. The molecule has 0 unspecified atom stereocenters. The van der Waals surface area contributed by atoms with Crippen LogP contribution in [0, 0.1) is 68.0 Å². The van der Waals surface area contributed by atoms with E-state index in [0.717, 1.165) is 37.0 Å². The Morgan fingerprint density at radius 3 is 0.607 bits per heavy atom. The minimum absolute atomic E-state index is 0. The Kier molecular flexibility index (Phi) is 37.3. The van der Waals surface area contributed by atoms with E-state index >= 15 is 0 Å². The van der Waals surface area contributed by atoms with Crippen LogP contribution in [0.4, 0.5) is 0 Å². The fourth-order valence-corrected chi connectivity index (χ4v) is 5.76. The van der Waals surface area contributed by atoms with E-state index in [0.29, 0.717) is 38.5 Å². The zero-order chi connectivity index (χ0) is 19.9. The molecule has 0 saturated heterocycles. The fraction of sp³-hybridized carbons (Fsp3) is 0.667. The van der Waals surface area contributed by atoms with Crippen molar-refractivity contribution in [1.82, 2.24) is 0 Å². The molecule has 0 rings (SSSR count). The van der Waals surface area contributed by atoms with Crippen LogP contribution < -0.4 is 0 Å². The summed E-state index contributed by atoms with van der Waals surface area (Å²) in [5.41, 5.74) is 0. The van der Waals surface area contributed by atoms with Crippen molar-refractivity contribution >= 4 is 49.8 Å². The summed E-state index contributed by atoms with van der Waals surface area (Å²) >= 11 is 0. The summed E-state index contributed by atoms with van der Waals surface area (Å²) in [6, 6.07) is 12.6. The lowest BCUT2D eigenvalue weighted by atomic mass is 10.5. The summed E-state index contributed by atoms with van der Waals surface area (Å²) in [4.78, 5) is 0. The molecule has 0 amide bonds. The van der Waals surface area contributed by atoms with Gasteiger partial charge in [0.2, 0.25) is 0 Å². The first-order chi connectivity index (χ1) is 12.7. The van der Waals surface area contributed by atoms with E-state index in [-0.39, 0.29) is 49.8 Å². The van der Waals surface area contributed by atoms with Crippen LogP contribution in [0.2, 0.25) is 0 Å². The highest BCUT2D eigenvalue weighted by Gasteiger charge is 2.07. The molecule has 0 aromatic carbocycles. The van der Waals surface area contributed by atoms with Gasteiger partial charge in [0.05, 0.1) is 36.4 Å². The lowest BCUT2D eigenvalue weighted by Crippen LogP contribution is -1.94. The van der Waals surface area contributed by atoms with E-state index in [1.54, 1.807) is 0 Å². The zero-order valence-electron chi connectivity index (χ0n) is 15.9. The summed E-state index contributed by atoms with van der Waals surface area (Å²) in [5.74, 6) is 0. The molecule has 0 aliphatic carbocycles. The minimum Gasteiger partial charge on any atom is -0.198 e. The second kappa shape index (κ2) is 30.5. The van der Waals surface area contributed by atoms with Crippen LogP contribution in [0.25, 0.3) is 0 Å². The molecule has 0 atom stereocenters. The van der Waals surface area contributed by atoms with E-state index < -0.39 is 0 Å². The Hall–Kier alpha value is -1.24. The molecule has 10 heteroatoms. The molecule has 6 nitrogen and oxygen atoms in total. The maximum absolute atomic E-state index is 8.40. The van der Waals surface area contributed by atoms with Crippen LogP contribution in [0.3, 0.4) is 0 Å². The predicted octanol–water partition coefficient (Wildman–Crippen LogP) is 5.57. The van der Waals surface area contributed by atoms with Crippen molar-refractivity contribution in [2.24, 2.45) is 0 Å². The van der Waals surface area contributed by atoms with Gasteiger partial charge in [-0.25, -0.2) is 0 Å². The Balaban J connectivity index is -0.000000192. The van der Waals surface area contributed by atoms with Gasteiger partial charge in [0, 0.05) is 38.5 Å². The van der Waals surface area contributed by atoms with Crippen LogP contribution in [0.15, 0.2) is 0 Å². The molecule has 0 aliphatic heterocycles. The van der Waals surface area contributed by atoms with Gasteiger partial charge in [0.15, 0.2) is 0 Å². The van der Waals surface area contributed by atoms with Crippen LogP contribution in [-0.2, 0) is 0 Å². The van der Waals surface area contributed by atoms with Crippen LogP contribution in [-0.4, -0.2) is 37.0 Å². The predicted molar refractivity (Wildman–Crippen MR) is 125 cm³/mol.